The largest absolute Gasteiger partial charge is 0.329 e. The second-order valence-electron chi connectivity index (χ2n) is 4.97. The molecule has 1 aliphatic rings. The molecule has 1 aromatic rings. The van der Waals surface area contributed by atoms with Crippen molar-refractivity contribution in [2.24, 2.45) is 5.73 Å². The SMILES string of the molecule is Cc1cc(Br)cc(S(=O)(=O)N2CCCCC2CN)c1. The first kappa shape index (κ1) is 15.0. The predicted octanol–water partition coefficient (Wildman–Crippen LogP) is 2.26. The Morgan fingerprint density at radius 2 is 2.11 bits per heavy atom. The third-order valence-corrected chi connectivity index (χ3v) is 5.85. The van der Waals surface area contributed by atoms with Crippen LogP contribution in [0.15, 0.2) is 27.6 Å². The van der Waals surface area contributed by atoms with E-state index in [9.17, 15) is 8.42 Å². The number of piperidine rings is 1. The molecule has 1 aromatic carbocycles. The second-order valence-corrected chi connectivity index (χ2v) is 7.77. The van der Waals surface area contributed by atoms with E-state index in [1.165, 1.54) is 0 Å². The topological polar surface area (TPSA) is 63.4 Å². The first-order valence-corrected chi connectivity index (χ1v) is 8.67. The fourth-order valence-electron chi connectivity index (χ4n) is 2.51. The lowest BCUT2D eigenvalue weighted by molar-refractivity contribution is 0.257. The van der Waals surface area contributed by atoms with Gasteiger partial charge in [0.2, 0.25) is 10.0 Å². The Morgan fingerprint density at radius 1 is 1.37 bits per heavy atom. The first-order valence-electron chi connectivity index (χ1n) is 6.44. The standard InChI is InChI=1S/C13H19BrN2O2S/c1-10-6-11(14)8-13(7-10)19(17,18)16-5-3-2-4-12(16)9-15/h6-8,12H,2-5,9,15H2,1H3. The Kier molecular flexibility index (Phi) is 4.66. The van der Waals surface area contributed by atoms with Crippen LogP contribution in [0.25, 0.3) is 0 Å². The number of halogens is 1. The van der Waals surface area contributed by atoms with Crippen LogP contribution in [0.1, 0.15) is 24.8 Å². The van der Waals surface area contributed by atoms with Crippen molar-refractivity contribution in [3.05, 3.63) is 28.2 Å². The Hall–Kier alpha value is -0.430. The highest BCUT2D eigenvalue weighted by Gasteiger charge is 2.32. The van der Waals surface area contributed by atoms with Crippen LogP contribution >= 0.6 is 15.9 Å². The van der Waals surface area contributed by atoms with E-state index in [1.807, 2.05) is 13.0 Å². The molecule has 0 spiro atoms. The quantitative estimate of drug-likeness (QED) is 0.912. The van der Waals surface area contributed by atoms with E-state index in [0.29, 0.717) is 18.0 Å². The van der Waals surface area contributed by atoms with E-state index in [4.69, 9.17) is 5.73 Å². The molecule has 1 saturated heterocycles. The van der Waals surface area contributed by atoms with Gasteiger partial charge in [-0.2, -0.15) is 4.31 Å². The summed E-state index contributed by atoms with van der Waals surface area (Å²) < 4.78 is 27.8. The molecule has 6 heteroatoms. The highest BCUT2D eigenvalue weighted by Crippen LogP contribution is 2.27. The second kappa shape index (κ2) is 5.91. The van der Waals surface area contributed by atoms with Gasteiger partial charge in [0.05, 0.1) is 4.90 Å². The number of nitrogens with two attached hydrogens (primary N) is 1. The Bertz CT molecular complexity index is 540. The van der Waals surface area contributed by atoms with Crippen LogP contribution in [0.3, 0.4) is 0 Å². The van der Waals surface area contributed by atoms with Crippen LogP contribution < -0.4 is 5.73 Å². The molecule has 0 aromatic heterocycles. The summed E-state index contributed by atoms with van der Waals surface area (Å²) in [6.45, 7) is 2.84. The molecule has 1 aliphatic heterocycles. The minimum atomic E-state index is -3.44. The molecule has 1 heterocycles. The van der Waals surface area contributed by atoms with Crippen molar-refractivity contribution in [1.82, 2.24) is 4.31 Å². The third kappa shape index (κ3) is 3.18. The lowest BCUT2D eigenvalue weighted by atomic mass is 10.1. The summed E-state index contributed by atoms with van der Waals surface area (Å²) in [5, 5.41) is 0. The van der Waals surface area contributed by atoms with Gasteiger partial charge in [0.1, 0.15) is 0 Å². The number of sulfonamides is 1. The normalized spacial score (nSPS) is 21.5. The lowest BCUT2D eigenvalue weighted by Gasteiger charge is -2.34. The fourth-order valence-corrected chi connectivity index (χ4v) is 5.11. The van der Waals surface area contributed by atoms with Gasteiger partial charge in [0.15, 0.2) is 0 Å². The molecule has 4 nitrogen and oxygen atoms in total. The zero-order valence-electron chi connectivity index (χ0n) is 11.0. The molecular weight excluding hydrogens is 328 g/mol. The molecule has 0 saturated carbocycles. The van der Waals surface area contributed by atoms with Gasteiger partial charge in [-0.05, 0) is 43.5 Å². The minimum Gasteiger partial charge on any atom is -0.329 e. The first-order chi connectivity index (χ1) is 8.95. The molecule has 106 valence electrons. The summed E-state index contributed by atoms with van der Waals surface area (Å²) >= 11 is 3.35. The molecule has 0 aliphatic carbocycles. The van der Waals surface area contributed by atoms with Crippen molar-refractivity contribution in [2.75, 3.05) is 13.1 Å². The van der Waals surface area contributed by atoms with E-state index in [2.05, 4.69) is 15.9 Å². The van der Waals surface area contributed by atoms with E-state index in [-0.39, 0.29) is 6.04 Å². The zero-order chi connectivity index (χ0) is 14.0. The summed E-state index contributed by atoms with van der Waals surface area (Å²) in [5.74, 6) is 0. The maximum Gasteiger partial charge on any atom is 0.243 e. The molecule has 0 amide bonds. The maximum atomic E-state index is 12.7. The molecule has 19 heavy (non-hydrogen) atoms. The Labute approximate surface area is 123 Å². The average molecular weight is 347 g/mol. The third-order valence-electron chi connectivity index (χ3n) is 3.47. The average Bonchev–Trinajstić information content (AvgIpc) is 2.37. The van der Waals surface area contributed by atoms with Crippen molar-refractivity contribution in [2.45, 2.75) is 37.1 Å². The lowest BCUT2D eigenvalue weighted by Crippen LogP contribution is -2.47. The molecule has 0 radical (unpaired) electrons. The summed E-state index contributed by atoms with van der Waals surface area (Å²) in [6, 6.07) is 5.20. The summed E-state index contributed by atoms with van der Waals surface area (Å²) in [6.07, 6.45) is 2.80. The highest BCUT2D eigenvalue weighted by atomic mass is 79.9. The number of rotatable bonds is 3. The summed E-state index contributed by atoms with van der Waals surface area (Å²) in [7, 11) is -3.44. The Morgan fingerprint density at radius 3 is 2.74 bits per heavy atom. The molecule has 1 unspecified atom stereocenters. The van der Waals surface area contributed by atoms with Crippen molar-refractivity contribution in [3.63, 3.8) is 0 Å². The monoisotopic (exact) mass is 346 g/mol. The fraction of sp³-hybridized carbons (Fsp3) is 0.538. The van der Waals surface area contributed by atoms with Crippen molar-refractivity contribution in [3.8, 4) is 0 Å². The van der Waals surface area contributed by atoms with Gasteiger partial charge >= 0.3 is 0 Å². The van der Waals surface area contributed by atoms with Gasteiger partial charge in [0, 0.05) is 23.6 Å². The van der Waals surface area contributed by atoms with Crippen LogP contribution in [0, 0.1) is 6.92 Å². The summed E-state index contributed by atoms with van der Waals surface area (Å²) in [5.41, 5.74) is 6.64. The van der Waals surface area contributed by atoms with Crippen LogP contribution in [0.2, 0.25) is 0 Å². The van der Waals surface area contributed by atoms with Gasteiger partial charge < -0.3 is 5.73 Å². The van der Waals surface area contributed by atoms with E-state index >= 15 is 0 Å². The van der Waals surface area contributed by atoms with Crippen LogP contribution in [0.4, 0.5) is 0 Å². The van der Waals surface area contributed by atoms with Gasteiger partial charge in [0.25, 0.3) is 0 Å². The molecule has 0 bridgehead atoms. The molecule has 2 N–H and O–H groups in total. The number of hydrogen-bond acceptors (Lipinski definition) is 3. The number of aryl methyl sites for hydroxylation is 1. The van der Waals surface area contributed by atoms with Crippen molar-refractivity contribution >= 4 is 26.0 Å². The Balaban J connectivity index is 2.40. The van der Waals surface area contributed by atoms with Gasteiger partial charge in [-0.1, -0.05) is 22.4 Å². The number of nitrogens with zero attached hydrogens (tertiary/aromatic N) is 1. The van der Waals surface area contributed by atoms with Gasteiger partial charge in [-0.3, -0.25) is 0 Å². The minimum absolute atomic E-state index is 0.0713. The van der Waals surface area contributed by atoms with E-state index in [1.54, 1.807) is 16.4 Å². The predicted molar refractivity (Wildman–Crippen MR) is 79.5 cm³/mol. The number of benzene rings is 1. The van der Waals surface area contributed by atoms with Crippen LogP contribution in [0.5, 0.6) is 0 Å². The van der Waals surface area contributed by atoms with E-state index < -0.39 is 10.0 Å². The highest BCUT2D eigenvalue weighted by molar-refractivity contribution is 9.10. The van der Waals surface area contributed by atoms with Crippen molar-refractivity contribution < 1.29 is 8.42 Å². The number of hydrogen-bond donors (Lipinski definition) is 1. The zero-order valence-corrected chi connectivity index (χ0v) is 13.4. The molecule has 1 atom stereocenters. The van der Waals surface area contributed by atoms with E-state index in [0.717, 1.165) is 29.3 Å². The van der Waals surface area contributed by atoms with Crippen molar-refractivity contribution in [1.29, 1.82) is 0 Å². The van der Waals surface area contributed by atoms with Gasteiger partial charge in [-0.15, -0.1) is 0 Å². The maximum absolute atomic E-state index is 12.7. The van der Waals surface area contributed by atoms with Gasteiger partial charge in [-0.25, -0.2) is 8.42 Å². The molecule has 1 fully saturated rings. The van der Waals surface area contributed by atoms with Crippen LogP contribution in [-0.2, 0) is 10.0 Å². The van der Waals surface area contributed by atoms with Crippen LogP contribution in [-0.4, -0.2) is 31.9 Å². The molecule has 2 rings (SSSR count). The smallest absolute Gasteiger partial charge is 0.243 e. The summed E-state index contributed by atoms with van der Waals surface area (Å²) in [4.78, 5) is 0.347. The molecular formula is C13H19BrN2O2S.